The normalized spacial score (nSPS) is 18.0. The second-order valence-electron chi connectivity index (χ2n) is 7.41. The molecule has 12 nitrogen and oxygen atoms in total. The Kier molecular flexibility index (Phi) is 6.10. The van der Waals surface area contributed by atoms with E-state index in [4.69, 9.17) is 10.8 Å². The van der Waals surface area contributed by atoms with Gasteiger partial charge in [0.1, 0.15) is 11.4 Å². The zero-order valence-electron chi connectivity index (χ0n) is 17.1. The third-order valence-corrected chi connectivity index (χ3v) is 5.20. The highest BCUT2D eigenvalue weighted by molar-refractivity contribution is 5.98. The number of anilines is 3. The summed E-state index contributed by atoms with van der Waals surface area (Å²) in [5, 5.41) is 26.2. The van der Waals surface area contributed by atoms with Gasteiger partial charge in [0, 0.05) is 17.9 Å². The number of carbonyl (C=O) groups excluding carboxylic acids is 1. The predicted molar refractivity (Wildman–Crippen MR) is 116 cm³/mol. The molecule has 3 aromatic rings. The Morgan fingerprint density at radius 3 is 2.59 bits per heavy atom. The van der Waals surface area contributed by atoms with Gasteiger partial charge in [-0.25, -0.2) is 9.78 Å². The van der Waals surface area contributed by atoms with Crippen molar-refractivity contribution in [3.05, 3.63) is 48.4 Å². The minimum absolute atomic E-state index is 0.127. The standard InChI is InChI=1S/C20H23N9O3/c21-17(30)14-11-22-19(26-15-6-1-2-7-16(15)27-20(31)32)28-18(14)25-12-4-3-5-13(10-12)29-23-8-9-24-29/h3-5,8-11,15-16,27H,1-2,6-7H2,(H2,21,30)(H,31,32)(H2,22,25,26,28). The van der Waals surface area contributed by atoms with Crippen LogP contribution in [0.25, 0.3) is 5.69 Å². The van der Waals surface area contributed by atoms with Crippen molar-refractivity contribution in [2.24, 2.45) is 5.73 Å². The minimum Gasteiger partial charge on any atom is -0.465 e. The molecule has 4 rings (SSSR count). The van der Waals surface area contributed by atoms with E-state index < -0.39 is 12.0 Å². The molecule has 1 aliphatic carbocycles. The fourth-order valence-corrected chi connectivity index (χ4v) is 3.72. The number of carbonyl (C=O) groups is 2. The minimum atomic E-state index is -1.07. The summed E-state index contributed by atoms with van der Waals surface area (Å²) in [4.78, 5) is 33.1. The first-order valence-electron chi connectivity index (χ1n) is 10.2. The van der Waals surface area contributed by atoms with E-state index in [-0.39, 0.29) is 29.4 Å². The van der Waals surface area contributed by atoms with E-state index in [2.05, 4.69) is 36.1 Å². The molecule has 12 heteroatoms. The lowest BCUT2D eigenvalue weighted by Crippen LogP contribution is -2.48. The lowest BCUT2D eigenvalue weighted by molar-refractivity contribution is 0.100. The van der Waals surface area contributed by atoms with Crippen LogP contribution >= 0.6 is 0 Å². The molecule has 2 amide bonds. The van der Waals surface area contributed by atoms with Crippen LogP contribution in [0.1, 0.15) is 36.0 Å². The second-order valence-corrected chi connectivity index (χ2v) is 7.41. The molecule has 166 valence electrons. The Hall–Kier alpha value is -4.22. The Labute approximate surface area is 183 Å². The lowest BCUT2D eigenvalue weighted by Gasteiger charge is -2.32. The van der Waals surface area contributed by atoms with Gasteiger partial charge in [-0.15, -0.1) is 0 Å². The highest BCUT2D eigenvalue weighted by Gasteiger charge is 2.27. The van der Waals surface area contributed by atoms with E-state index in [1.165, 1.54) is 11.0 Å². The molecule has 0 bridgehead atoms. The summed E-state index contributed by atoms with van der Waals surface area (Å²) in [7, 11) is 0. The van der Waals surface area contributed by atoms with E-state index >= 15 is 0 Å². The summed E-state index contributed by atoms with van der Waals surface area (Å²) in [5.41, 5.74) is 7.00. The summed E-state index contributed by atoms with van der Waals surface area (Å²) < 4.78 is 0. The van der Waals surface area contributed by atoms with E-state index in [9.17, 15) is 9.59 Å². The highest BCUT2D eigenvalue weighted by Crippen LogP contribution is 2.24. The molecular formula is C20H23N9O3. The van der Waals surface area contributed by atoms with E-state index in [0.29, 0.717) is 5.69 Å². The molecule has 1 aliphatic rings. The monoisotopic (exact) mass is 437 g/mol. The van der Waals surface area contributed by atoms with E-state index in [0.717, 1.165) is 31.4 Å². The van der Waals surface area contributed by atoms with Crippen LogP contribution in [0.5, 0.6) is 0 Å². The third-order valence-electron chi connectivity index (χ3n) is 5.20. The van der Waals surface area contributed by atoms with E-state index in [1.54, 1.807) is 24.5 Å². The van der Waals surface area contributed by atoms with Crippen molar-refractivity contribution in [1.29, 1.82) is 0 Å². The Balaban J connectivity index is 1.58. The summed E-state index contributed by atoms with van der Waals surface area (Å²) in [6.45, 7) is 0. The summed E-state index contributed by atoms with van der Waals surface area (Å²) in [5.74, 6) is -0.169. The molecule has 0 spiro atoms. The Morgan fingerprint density at radius 2 is 1.88 bits per heavy atom. The van der Waals surface area contributed by atoms with Crippen LogP contribution in [-0.2, 0) is 0 Å². The molecule has 1 fully saturated rings. The maximum absolute atomic E-state index is 11.9. The van der Waals surface area contributed by atoms with Crippen molar-refractivity contribution in [2.45, 2.75) is 37.8 Å². The quantitative estimate of drug-likeness (QED) is 0.370. The van der Waals surface area contributed by atoms with Gasteiger partial charge in [-0.05, 0) is 31.0 Å². The van der Waals surface area contributed by atoms with Crippen molar-refractivity contribution in [1.82, 2.24) is 30.3 Å². The highest BCUT2D eigenvalue weighted by atomic mass is 16.4. The number of hydrogen-bond donors (Lipinski definition) is 5. The molecule has 1 aromatic carbocycles. The number of amides is 2. The first kappa shape index (κ1) is 21.0. The van der Waals surface area contributed by atoms with Gasteiger partial charge < -0.3 is 26.8 Å². The number of nitrogens with one attached hydrogen (secondary N) is 3. The molecule has 2 atom stereocenters. The zero-order valence-corrected chi connectivity index (χ0v) is 17.1. The average Bonchev–Trinajstić information content (AvgIpc) is 3.30. The summed E-state index contributed by atoms with van der Waals surface area (Å²) >= 11 is 0. The number of carboxylic acid groups (broad SMARTS) is 1. The predicted octanol–water partition coefficient (Wildman–Crippen LogP) is 1.89. The van der Waals surface area contributed by atoms with Crippen molar-refractivity contribution in [2.75, 3.05) is 10.6 Å². The molecule has 0 saturated heterocycles. The lowest BCUT2D eigenvalue weighted by atomic mass is 9.90. The van der Waals surface area contributed by atoms with Crippen molar-refractivity contribution in [3.8, 4) is 5.69 Å². The van der Waals surface area contributed by atoms with Crippen LogP contribution in [0.2, 0.25) is 0 Å². The van der Waals surface area contributed by atoms with Gasteiger partial charge in [0.2, 0.25) is 5.95 Å². The third kappa shape index (κ3) is 4.91. The number of rotatable bonds is 7. The van der Waals surface area contributed by atoms with Crippen LogP contribution in [0.3, 0.4) is 0 Å². The fraction of sp³-hybridized carbons (Fsp3) is 0.300. The van der Waals surface area contributed by atoms with Gasteiger partial charge >= 0.3 is 6.09 Å². The van der Waals surface area contributed by atoms with Crippen molar-refractivity contribution >= 4 is 29.5 Å². The van der Waals surface area contributed by atoms with Gasteiger partial charge in [0.05, 0.1) is 24.1 Å². The number of nitrogens with zero attached hydrogens (tertiary/aromatic N) is 5. The van der Waals surface area contributed by atoms with Gasteiger partial charge in [0.25, 0.3) is 5.91 Å². The molecule has 6 N–H and O–H groups in total. The zero-order chi connectivity index (χ0) is 22.5. The molecular weight excluding hydrogens is 414 g/mol. The number of primary amides is 1. The number of benzene rings is 1. The van der Waals surface area contributed by atoms with E-state index in [1.807, 2.05) is 12.1 Å². The molecule has 0 radical (unpaired) electrons. The molecule has 0 aliphatic heterocycles. The summed E-state index contributed by atoms with van der Waals surface area (Å²) in [6, 6.07) is 6.84. The van der Waals surface area contributed by atoms with Crippen molar-refractivity contribution in [3.63, 3.8) is 0 Å². The van der Waals surface area contributed by atoms with Crippen LogP contribution in [0.15, 0.2) is 42.9 Å². The van der Waals surface area contributed by atoms with Gasteiger partial charge in [-0.3, -0.25) is 4.79 Å². The number of hydrogen-bond acceptors (Lipinski definition) is 8. The fourth-order valence-electron chi connectivity index (χ4n) is 3.72. The Morgan fingerprint density at radius 1 is 1.12 bits per heavy atom. The number of nitrogens with two attached hydrogens (primary N) is 1. The first-order valence-corrected chi connectivity index (χ1v) is 10.2. The topological polar surface area (TPSA) is 173 Å². The average molecular weight is 437 g/mol. The van der Waals surface area contributed by atoms with Gasteiger partial charge in [0.15, 0.2) is 0 Å². The number of aromatic nitrogens is 5. The first-order chi connectivity index (χ1) is 15.5. The van der Waals surface area contributed by atoms with Gasteiger partial charge in [-0.2, -0.15) is 20.0 Å². The molecule has 1 saturated carbocycles. The van der Waals surface area contributed by atoms with Crippen molar-refractivity contribution < 1.29 is 14.7 Å². The molecule has 2 unspecified atom stereocenters. The van der Waals surface area contributed by atoms with Gasteiger partial charge in [-0.1, -0.05) is 18.9 Å². The van der Waals surface area contributed by atoms with Crippen LogP contribution in [-0.4, -0.2) is 54.2 Å². The van der Waals surface area contributed by atoms with Crippen LogP contribution in [0, 0.1) is 0 Å². The van der Waals surface area contributed by atoms with Crippen LogP contribution in [0.4, 0.5) is 22.2 Å². The maximum Gasteiger partial charge on any atom is 0.404 e. The molecule has 2 heterocycles. The largest absolute Gasteiger partial charge is 0.465 e. The maximum atomic E-state index is 11.9. The molecule has 32 heavy (non-hydrogen) atoms. The molecule has 2 aromatic heterocycles. The second kappa shape index (κ2) is 9.29. The smallest absolute Gasteiger partial charge is 0.404 e. The van der Waals surface area contributed by atoms with Crippen LogP contribution < -0.4 is 21.7 Å². The SMILES string of the molecule is NC(=O)c1cnc(NC2CCCCC2NC(=O)O)nc1Nc1cccc(-n2nccn2)c1. The Bertz CT molecular complexity index is 1100. The summed E-state index contributed by atoms with van der Waals surface area (Å²) in [6.07, 6.45) is 6.84.